The van der Waals surface area contributed by atoms with E-state index in [1.807, 2.05) is 23.1 Å². The first kappa shape index (κ1) is 14.6. The first-order valence-electron chi connectivity index (χ1n) is 6.42. The maximum absolute atomic E-state index is 10.6. The summed E-state index contributed by atoms with van der Waals surface area (Å²) >= 11 is 11.9. The van der Waals surface area contributed by atoms with Gasteiger partial charge < -0.3 is 5.11 Å². The number of carboxylic acid groups (broad SMARTS) is 1. The Labute approximate surface area is 123 Å². The molecule has 0 aromatic heterocycles. The summed E-state index contributed by atoms with van der Waals surface area (Å²) in [6, 6.07) is 5.77. The molecule has 0 bridgehead atoms. The van der Waals surface area contributed by atoms with Crippen molar-refractivity contribution in [2.45, 2.75) is 19.3 Å². The lowest BCUT2D eigenvalue weighted by Crippen LogP contribution is -2.37. The predicted octanol–water partition coefficient (Wildman–Crippen LogP) is 3.33. The highest BCUT2D eigenvalue weighted by Crippen LogP contribution is 2.26. The molecule has 0 saturated carbocycles. The van der Waals surface area contributed by atoms with Crippen LogP contribution in [-0.4, -0.2) is 35.6 Å². The lowest BCUT2D eigenvalue weighted by molar-refractivity contribution is -0.138. The zero-order valence-corrected chi connectivity index (χ0v) is 12.1. The molecular formula is C14H17Cl2NO2. The van der Waals surface area contributed by atoms with Gasteiger partial charge in [-0.2, -0.15) is 0 Å². The fourth-order valence-electron chi connectivity index (χ4n) is 2.54. The van der Waals surface area contributed by atoms with Crippen LogP contribution in [0.2, 0.25) is 10.0 Å². The summed E-state index contributed by atoms with van der Waals surface area (Å²) in [5.41, 5.74) is 1.20. The van der Waals surface area contributed by atoms with Crippen LogP contribution < -0.4 is 0 Å². The second-order valence-electron chi connectivity index (χ2n) is 5.07. The number of hydrogen-bond donors (Lipinski definition) is 1. The van der Waals surface area contributed by atoms with E-state index in [1.165, 1.54) is 5.56 Å². The fraction of sp³-hybridized carbons (Fsp3) is 0.500. The number of benzene rings is 1. The molecule has 1 heterocycles. The lowest BCUT2D eigenvalue weighted by Gasteiger charge is -2.30. The molecule has 0 unspecified atom stereocenters. The third kappa shape index (κ3) is 4.37. The Morgan fingerprint density at radius 1 is 1.26 bits per heavy atom. The van der Waals surface area contributed by atoms with Gasteiger partial charge in [0.15, 0.2) is 0 Å². The van der Waals surface area contributed by atoms with Gasteiger partial charge in [0, 0.05) is 0 Å². The van der Waals surface area contributed by atoms with Crippen molar-refractivity contribution in [2.75, 3.05) is 19.6 Å². The monoisotopic (exact) mass is 301 g/mol. The second kappa shape index (κ2) is 6.60. The Morgan fingerprint density at radius 2 is 1.95 bits per heavy atom. The molecule has 1 aromatic carbocycles. The molecule has 0 amide bonds. The number of nitrogens with zero attached hydrogens (tertiary/aromatic N) is 1. The van der Waals surface area contributed by atoms with Gasteiger partial charge in [0.2, 0.25) is 0 Å². The summed E-state index contributed by atoms with van der Waals surface area (Å²) < 4.78 is 0. The molecule has 5 heteroatoms. The van der Waals surface area contributed by atoms with Crippen LogP contribution in [0.3, 0.4) is 0 Å². The minimum atomic E-state index is -0.747. The second-order valence-corrected chi connectivity index (χ2v) is 5.88. The van der Waals surface area contributed by atoms with Crippen molar-refractivity contribution in [3.63, 3.8) is 0 Å². The highest BCUT2D eigenvalue weighted by molar-refractivity contribution is 6.42. The van der Waals surface area contributed by atoms with Gasteiger partial charge in [0.25, 0.3) is 0 Å². The maximum atomic E-state index is 10.6. The van der Waals surface area contributed by atoms with Crippen molar-refractivity contribution < 1.29 is 9.90 Å². The van der Waals surface area contributed by atoms with Gasteiger partial charge in [-0.05, 0) is 56.0 Å². The summed E-state index contributed by atoms with van der Waals surface area (Å²) in [5, 5.41) is 9.94. The molecule has 2 rings (SSSR count). The van der Waals surface area contributed by atoms with Crippen molar-refractivity contribution in [3.8, 4) is 0 Å². The minimum Gasteiger partial charge on any atom is -0.480 e. The van der Waals surface area contributed by atoms with Crippen LogP contribution >= 0.6 is 23.2 Å². The third-order valence-electron chi connectivity index (χ3n) is 3.57. The van der Waals surface area contributed by atoms with E-state index in [4.69, 9.17) is 28.3 Å². The van der Waals surface area contributed by atoms with Gasteiger partial charge >= 0.3 is 5.97 Å². The molecule has 1 N–H and O–H groups in total. The fourth-order valence-corrected chi connectivity index (χ4v) is 2.86. The molecule has 19 heavy (non-hydrogen) atoms. The Bertz CT molecular complexity index is 457. The predicted molar refractivity (Wildman–Crippen MR) is 77.0 cm³/mol. The Kier molecular flexibility index (Phi) is 5.08. The summed E-state index contributed by atoms with van der Waals surface area (Å²) in [6.07, 6.45) is 3.05. The van der Waals surface area contributed by atoms with Crippen LogP contribution in [-0.2, 0) is 11.2 Å². The van der Waals surface area contributed by atoms with Crippen LogP contribution in [0.4, 0.5) is 0 Å². The van der Waals surface area contributed by atoms with E-state index in [0.717, 1.165) is 32.4 Å². The highest BCUT2D eigenvalue weighted by Gasteiger charge is 2.20. The highest BCUT2D eigenvalue weighted by atomic mass is 35.5. The molecule has 1 fully saturated rings. The molecule has 0 spiro atoms. The number of halogens is 2. The summed E-state index contributed by atoms with van der Waals surface area (Å²) in [6.45, 7) is 1.87. The Hall–Kier alpha value is -0.770. The SMILES string of the molecule is O=C(O)CN1CCC(Cc2ccc(Cl)c(Cl)c2)CC1. The van der Waals surface area contributed by atoms with Crippen molar-refractivity contribution in [2.24, 2.45) is 5.92 Å². The zero-order chi connectivity index (χ0) is 13.8. The lowest BCUT2D eigenvalue weighted by atomic mass is 9.90. The van der Waals surface area contributed by atoms with Crippen molar-refractivity contribution in [1.29, 1.82) is 0 Å². The molecule has 0 atom stereocenters. The molecule has 3 nitrogen and oxygen atoms in total. The number of piperidine rings is 1. The molecule has 0 radical (unpaired) electrons. The van der Waals surface area contributed by atoms with Crippen molar-refractivity contribution in [1.82, 2.24) is 4.90 Å². The summed E-state index contributed by atoms with van der Waals surface area (Å²) in [7, 11) is 0. The van der Waals surface area contributed by atoms with E-state index in [2.05, 4.69) is 0 Å². The van der Waals surface area contributed by atoms with Gasteiger partial charge in [-0.25, -0.2) is 0 Å². The third-order valence-corrected chi connectivity index (χ3v) is 4.31. The van der Waals surface area contributed by atoms with E-state index >= 15 is 0 Å². The number of carboxylic acids is 1. The van der Waals surface area contributed by atoms with Crippen LogP contribution in [0.5, 0.6) is 0 Å². The van der Waals surface area contributed by atoms with Crippen LogP contribution in [0.25, 0.3) is 0 Å². The Morgan fingerprint density at radius 3 is 2.53 bits per heavy atom. The molecule has 104 valence electrons. The first-order chi connectivity index (χ1) is 9.04. The van der Waals surface area contributed by atoms with E-state index < -0.39 is 5.97 Å². The van der Waals surface area contributed by atoms with E-state index in [9.17, 15) is 4.79 Å². The molecule has 1 aliphatic rings. The topological polar surface area (TPSA) is 40.5 Å². The largest absolute Gasteiger partial charge is 0.480 e. The van der Waals surface area contributed by atoms with Crippen LogP contribution in [0, 0.1) is 5.92 Å². The van der Waals surface area contributed by atoms with Crippen LogP contribution in [0.1, 0.15) is 18.4 Å². The molecule has 1 saturated heterocycles. The Balaban J connectivity index is 1.85. The smallest absolute Gasteiger partial charge is 0.317 e. The number of likely N-dealkylation sites (tertiary alicyclic amines) is 1. The van der Waals surface area contributed by atoms with Crippen LogP contribution in [0.15, 0.2) is 18.2 Å². The van der Waals surface area contributed by atoms with Crippen molar-refractivity contribution in [3.05, 3.63) is 33.8 Å². The molecule has 1 aromatic rings. The quantitative estimate of drug-likeness (QED) is 0.927. The van der Waals surface area contributed by atoms with Gasteiger partial charge in [-0.1, -0.05) is 29.3 Å². The van der Waals surface area contributed by atoms with E-state index in [1.54, 1.807) is 0 Å². The molecule has 0 aliphatic carbocycles. The van der Waals surface area contributed by atoms with Gasteiger partial charge in [-0.15, -0.1) is 0 Å². The average Bonchev–Trinajstić information content (AvgIpc) is 2.36. The minimum absolute atomic E-state index is 0.152. The number of rotatable bonds is 4. The summed E-state index contributed by atoms with van der Waals surface area (Å²) in [4.78, 5) is 12.6. The number of carbonyl (C=O) groups is 1. The zero-order valence-electron chi connectivity index (χ0n) is 10.6. The van der Waals surface area contributed by atoms with Gasteiger partial charge in [0.05, 0.1) is 16.6 Å². The first-order valence-corrected chi connectivity index (χ1v) is 7.18. The van der Waals surface area contributed by atoms with Gasteiger partial charge in [-0.3, -0.25) is 9.69 Å². The maximum Gasteiger partial charge on any atom is 0.317 e. The molecule has 1 aliphatic heterocycles. The normalized spacial score (nSPS) is 17.6. The van der Waals surface area contributed by atoms with Crippen molar-refractivity contribution >= 4 is 29.2 Å². The average molecular weight is 302 g/mol. The van der Waals surface area contributed by atoms with E-state index in [-0.39, 0.29) is 6.54 Å². The number of aliphatic carboxylic acids is 1. The standard InChI is InChI=1S/C14H17Cl2NO2/c15-12-2-1-11(8-13(12)16)7-10-3-5-17(6-4-10)9-14(18)19/h1-2,8,10H,3-7,9H2,(H,18,19). The van der Waals surface area contributed by atoms with Gasteiger partial charge in [0.1, 0.15) is 0 Å². The summed E-state index contributed by atoms with van der Waals surface area (Å²) in [5.74, 6) is -0.148. The molecular weight excluding hydrogens is 285 g/mol. The number of hydrogen-bond acceptors (Lipinski definition) is 2. The van der Waals surface area contributed by atoms with E-state index in [0.29, 0.717) is 16.0 Å².